The van der Waals surface area contributed by atoms with Crippen LogP contribution in [0, 0.1) is 0 Å². The summed E-state index contributed by atoms with van der Waals surface area (Å²) in [7, 11) is 0. The molecule has 2 aliphatic rings. The summed E-state index contributed by atoms with van der Waals surface area (Å²) in [6.07, 6.45) is 8.50. The molecule has 0 bridgehead atoms. The number of hydrogen-bond donors (Lipinski definition) is 0. The van der Waals surface area contributed by atoms with E-state index in [1.165, 1.54) is 71.3 Å². The zero-order valence-corrected chi connectivity index (χ0v) is 37.2. The second-order valence-electron chi connectivity index (χ2n) is 18.2. The molecule has 0 aromatic heterocycles. The summed E-state index contributed by atoms with van der Waals surface area (Å²) in [5.74, 6) is 0. The molecule has 314 valence electrons. The fourth-order valence-electron chi connectivity index (χ4n) is 10.6. The second-order valence-corrected chi connectivity index (χ2v) is 18.2. The number of allylic oxidation sites excluding steroid dienone is 4. The van der Waals surface area contributed by atoms with Gasteiger partial charge in [-0.1, -0.05) is 190 Å². The van der Waals surface area contributed by atoms with Crippen molar-refractivity contribution in [2.75, 3.05) is 16.3 Å². The lowest BCUT2D eigenvalue weighted by Crippen LogP contribution is -2.18. The van der Waals surface area contributed by atoms with Crippen LogP contribution < -0.4 is 9.80 Å². The Hall–Kier alpha value is -8.20. The highest BCUT2D eigenvalue weighted by Crippen LogP contribution is 2.51. The number of hydrogen-bond acceptors (Lipinski definition) is 2. The van der Waals surface area contributed by atoms with Gasteiger partial charge >= 0.3 is 0 Å². The molecule has 0 saturated heterocycles. The lowest BCUT2D eigenvalue weighted by Gasteiger charge is -2.28. The monoisotopic (exact) mass is 844 g/mol. The van der Waals surface area contributed by atoms with E-state index in [-0.39, 0.29) is 5.41 Å². The van der Waals surface area contributed by atoms with Crippen LogP contribution >= 0.6 is 0 Å². The van der Waals surface area contributed by atoms with Crippen molar-refractivity contribution in [3.8, 4) is 33.4 Å². The third kappa shape index (κ3) is 6.56. The summed E-state index contributed by atoms with van der Waals surface area (Å²) in [5.41, 5.74) is 17.8. The topological polar surface area (TPSA) is 6.48 Å². The maximum atomic E-state index is 4.49. The minimum atomic E-state index is -0.121. The molecule has 0 unspecified atom stereocenters. The average molecular weight is 845 g/mol. The zero-order valence-electron chi connectivity index (χ0n) is 37.2. The lowest BCUT2D eigenvalue weighted by atomic mass is 9.82. The van der Waals surface area contributed by atoms with Crippen LogP contribution in [-0.2, 0) is 5.41 Å². The van der Waals surface area contributed by atoms with Crippen molar-refractivity contribution in [2.45, 2.75) is 19.3 Å². The Balaban J connectivity index is 0.924. The largest absolute Gasteiger partial charge is 0.337 e. The van der Waals surface area contributed by atoms with E-state index >= 15 is 0 Å². The smallest absolute Gasteiger partial charge is 0.0493 e. The summed E-state index contributed by atoms with van der Waals surface area (Å²) in [4.78, 5) is 4.80. The molecule has 10 aromatic carbocycles. The molecule has 1 heterocycles. The van der Waals surface area contributed by atoms with E-state index in [9.17, 15) is 0 Å². The molecule has 0 saturated carbocycles. The first kappa shape index (κ1) is 39.4. The molecule has 12 rings (SSSR count). The maximum Gasteiger partial charge on any atom is 0.0493 e. The van der Waals surface area contributed by atoms with Gasteiger partial charge in [0.15, 0.2) is 0 Å². The number of para-hydroxylation sites is 1. The SMILES string of the molecule is C=C1/C=C\C=C/CN(c2ccccc2)c2ccc(-c3ccc(-c4ccc(N(c5ccc6c(c5)C(C)(C)c5ccccc5-6)c5ccc6c7ccccc7c7ccccc7c6c5)cc4)cc3)cc21. The molecule has 0 radical (unpaired) electrons. The minimum Gasteiger partial charge on any atom is -0.337 e. The van der Waals surface area contributed by atoms with E-state index in [0.29, 0.717) is 0 Å². The fourth-order valence-corrected chi connectivity index (χ4v) is 10.6. The summed E-state index contributed by atoms with van der Waals surface area (Å²) in [5, 5.41) is 7.63. The van der Waals surface area contributed by atoms with Gasteiger partial charge in [0.1, 0.15) is 0 Å². The molecule has 1 aliphatic heterocycles. The Bertz CT molecular complexity index is 3560. The van der Waals surface area contributed by atoms with E-state index in [0.717, 1.165) is 51.7 Å². The number of rotatable bonds is 6. The number of nitrogens with zero attached hydrogens (tertiary/aromatic N) is 2. The van der Waals surface area contributed by atoms with E-state index in [1.54, 1.807) is 0 Å². The molecule has 0 spiro atoms. The minimum absolute atomic E-state index is 0.121. The van der Waals surface area contributed by atoms with Crippen molar-refractivity contribution in [3.05, 3.63) is 254 Å². The predicted molar refractivity (Wildman–Crippen MR) is 283 cm³/mol. The number of anilines is 5. The van der Waals surface area contributed by atoms with Crippen molar-refractivity contribution in [3.63, 3.8) is 0 Å². The third-order valence-corrected chi connectivity index (χ3v) is 14.0. The van der Waals surface area contributed by atoms with E-state index < -0.39 is 0 Å². The van der Waals surface area contributed by atoms with E-state index in [4.69, 9.17) is 0 Å². The molecular weight excluding hydrogens is 797 g/mol. The highest BCUT2D eigenvalue weighted by atomic mass is 15.1. The Morgan fingerprint density at radius 3 is 1.67 bits per heavy atom. The highest BCUT2D eigenvalue weighted by Gasteiger charge is 2.35. The van der Waals surface area contributed by atoms with Gasteiger partial charge < -0.3 is 9.80 Å². The maximum absolute atomic E-state index is 4.49. The average Bonchev–Trinajstić information content (AvgIpc) is 3.64. The summed E-state index contributed by atoms with van der Waals surface area (Å²) in [6.45, 7) is 9.98. The van der Waals surface area contributed by atoms with Gasteiger partial charge in [0, 0.05) is 46.0 Å². The molecule has 0 N–H and O–H groups in total. The van der Waals surface area contributed by atoms with Crippen molar-refractivity contribution in [1.82, 2.24) is 0 Å². The number of benzene rings is 10. The number of fused-ring (bicyclic) bond motifs is 10. The molecule has 1 aliphatic carbocycles. The van der Waals surface area contributed by atoms with E-state index in [2.05, 4.69) is 261 Å². The molecule has 10 aromatic rings. The van der Waals surface area contributed by atoms with Crippen LogP contribution in [0.4, 0.5) is 28.4 Å². The highest BCUT2D eigenvalue weighted by molar-refractivity contribution is 6.25. The van der Waals surface area contributed by atoms with Crippen LogP contribution in [-0.4, -0.2) is 6.54 Å². The summed E-state index contributed by atoms with van der Waals surface area (Å²) >= 11 is 0. The van der Waals surface area contributed by atoms with Crippen LogP contribution in [0.2, 0.25) is 0 Å². The van der Waals surface area contributed by atoms with E-state index in [1.807, 2.05) is 0 Å². The first-order valence-electron chi connectivity index (χ1n) is 23.0. The van der Waals surface area contributed by atoms with Crippen LogP contribution in [0.1, 0.15) is 30.5 Å². The standard InChI is InChI=1S/C64H48N2/c1-43-16-6-5-15-39-65(48-17-7-4-8-18-48)63-38-31-47(40-59(43)63)46-27-25-44(26-28-46)45-29-32-49(33-30-45)66(51-35-37-58-57-23-13-14-24-61(57)64(2,3)62(58)42-51)50-34-36-56-54-21-10-9-19-52(54)53-20-11-12-22-55(53)60(56)41-50/h4-38,40-42H,1,39H2,2-3H3/b15-5-,16-6-. The molecular formula is C64H48N2. The van der Waals surface area contributed by atoms with Gasteiger partial charge in [-0.05, 0) is 143 Å². The predicted octanol–water partition coefficient (Wildman–Crippen LogP) is 17.5. The lowest BCUT2D eigenvalue weighted by molar-refractivity contribution is 0.660. The molecule has 66 heavy (non-hydrogen) atoms. The first-order chi connectivity index (χ1) is 32.4. The van der Waals surface area contributed by atoms with Gasteiger partial charge in [0.25, 0.3) is 0 Å². The van der Waals surface area contributed by atoms with Gasteiger partial charge in [0.05, 0.1) is 0 Å². The van der Waals surface area contributed by atoms with Crippen molar-refractivity contribution < 1.29 is 0 Å². The zero-order chi connectivity index (χ0) is 44.4. The van der Waals surface area contributed by atoms with Crippen LogP contribution in [0.5, 0.6) is 0 Å². The van der Waals surface area contributed by atoms with Crippen molar-refractivity contribution >= 4 is 66.3 Å². The summed E-state index contributed by atoms with van der Waals surface area (Å²) in [6, 6.07) is 76.1. The fraction of sp³-hybridized carbons (Fsp3) is 0.0625. The van der Waals surface area contributed by atoms with Gasteiger partial charge in [-0.25, -0.2) is 0 Å². The Morgan fingerprint density at radius 1 is 0.424 bits per heavy atom. The molecule has 0 fully saturated rings. The second kappa shape index (κ2) is 15.8. The van der Waals surface area contributed by atoms with Crippen molar-refractivity contribution in [2.24, 2.45) is 0 Å². The Morgan fingerprint density at radius 2 is 0.955 bits per heavy atom. The molecule has 0 atom stereocenters. The van der Waals surface area contributed by atoms with Gasteiger partial charge in [-0.3, -0.25) is 0 Å². The van der Waals surface area contributed by atoms with Gasteiger partial charge in [0.2, 0.25) is 0 Å². The molecule has 2 heteroatoms. The molecule has 0 amide bonds. The van der Waals surface area contributed by atoms with Gasteiger partial charge in [-0.15, -0.1) is 0 Å². The van der Waals surface area contributed by atoms with Crippen molar-refractivity contribution in [1.29, 1.82) is 0 Å². The third-order valence-electron chi connectivity index (χ3n) is 14.0. The Kier molecular flexibility index (Phi) is 9.43. The molecule has 2 nitrogen and oxygen atoms in total. The normalized spacial score (nSPS) is 14.8. The first-order valence-corrected chi connectivity index (χ1v) is 23.0. The van der Waals surface area contributed by atoms with Crippen LogP contribution in [0.15, 0.2) is 237 Å². The van der Waals surface area contributed by atoms with Crippen LogP contribution in [0.25, 0.3) is 71.3 Å². The Labute approximate surface area is 387 Å². The quantitative estimate of drug-likeness (QED) is 0.154. The van der Waals surface area contributed by atoms with Gasteiger partial charge in [-0.2, -0.15) is 0 Å². The van der Waals surface area contributed by atoms with Crippen LogP contribution in [0.3, 0.4) is 0 Å². The summed E-state index contributed by atoms with van der Waals surface area (Å²) < 4.78 is 0.